The number of rotatable bonds is 4. The Kier molecular flexibility index (Phi) is 3.92. The predicted molar refractivity (Wildman–Crippen MR) is 31.5 cm³/mol. The van der Waals surface area contributed by atoms with E-state index in [1.807, 2.05) is 0 Å². The molecule has 0 rings (SSSR count). The van der Waals surface area contributed by atoms with Gasteiger partial charge in [0.05, 0.1) is 13.1 Å². The van der Waals surface area contributed by atoms with Crippen molar-refractivity contribution in [1.29, 1.82) is 0 Å². The van der Waals surface area contributed by atoms with Crippen LogP contribution in [0.5, 0.6) is 0 Å². The van der Waals surface area contributed by atoms with E-state index < -0.39 is 25.2 Å². The third-order valence-corrected chi connectivity index (χ3v) is 0.859. The van der Waals surface area contributed by atoms with E-state index in [1.54, 1.807) is 0 Å². The fourth-order valence-corrected chi connectivity index (χ4v) is 0.363. The van der Waals surface area contributed by atoms with Gasteiger partial charge in [-0.1, -0.05) is 0 Å². The van der Waals surface area contributed by atoms with Crippen LogP contribution in [0.15, 0.2) is 12.1 Å². The lowest BCUT2D eigenvalue weighted by Gasteiger charge is -2.13. The molecule has 0 bridgehead atoms. The van der Waals surface area contributed by atoms with Gasteiger partial charge in [-0.2, -0.15) is 13.2 Å². The highest BCUT2D eigenvalue weighted by molar-refractivity contribution is 4.78. The first-order valence-corrected chi connectivity index (χ1v) is 2.96. The van der Waals surface area contributed by atoms with E-state index in [1.165, 1.54) is 6.92 Å². The molecule has 0 spiro atoms. The van der Waals surface area contributed by atoms with Crippen LogP contribution in [0.2, 0.25) is 0 Å². The third-order valence-electron chi connectivity index (χ3n) is 0.859. The van der Waals surface area contributed by atoms with Gasteiger partial charge in [-0.05, 0) is 13.0 Å². The molecule has 0 unspecified atom stereocenters. The quantitative estimate of drug-likeness (QED) is 0.468. The Balaban J connectivity index is 3.90. The molecule has 0 aromatic rings. The molecule has 0 saturated heterocycles. The van der Waals surface area contributed by atoms with E-state index in [0.717, 1.165) is 6.08 Å². The van der Waals surface area contributed by atoms with Gasteiger partial charge in [0, 0.05) is 0 Å². The zero-order valence-electron chi connectivity index (χ0n) is 5.91. The Labute approximate surface area is 61.7 Å². The normalized spacial score (nSPS) is 13.4. The second-order valence-corrected chi connectivity index (χ2v) is 1.77. The minimum absolute atomic E-state index is 0.728. The molecule has 0 fully saturated rings. The zero-order chi connectivity index (χ0) is 8.91. The number of halogens is 4. The van der Waals surface area contributed by atoms with Gasteiger partial charge in [0.1, 0.15) is 0 Å². The predicted octanol–water partition coefficient (Wildman–Crippen LogP) is 2.79. The molecule has 0 amide bonds. The van der Waals surface area contributed by atoms with Crippen LogP contribution >= 0.6 is 0 Å². The first kappa shape index (κ1) is 10.3. The molecule has 0 aliphatic rings. The second-order valence-electron chi connectivity index (χ2n) is 1.77. The summed E-state index contributed by atoms with van der Waals surface area (Å²) in [5.74, 6) is 0. The van der Waals surface area contributed by atoms with Crippen molar-refractivity contribution in [3.63, 3.8) is 0 Å². The summed E-state index contributed by atoms with van der Waals surface area (Å²) in [6.07, 6.45) is -4.15. The Morgan fingerprint density at radius 3 is 2.45 bits per heavy atom. The fraction of sp³-hybridized carbons (Fsp3) is 0.667. The Morgan fingerprint density at radius 1 is 1.55 bits per heavy atom. The molecule has 1 nitrogen and oxygen atoms in total. The molecule has 0 N–H and O–H groups in total. The van der Waals surface area contributed by atoms with Crippen molar-refractivity contribution in [3.05, 3.63) is 12.1 Å². The summed E-state index contributed by atoms with van der Waals surface area (Å²) in [7, 11) is 0. The van der Waals surface area contributed by atoms with E-state index in [4.69, 9.17) is 0 Å². The highest BCUT2D eigenvalue weighted by Gasteiger charge is 2.31. The van der Waals surface area contributed by atoms with Crippen LogP contribution in [0.4, 0.5) is 17.6 Å². The van der Waals surface area contributed by atoms with Gasteiger partial charge >= 0.3 is 6.11 Å². The van der Waals surface area contributed by atoms with Gasteiger partial charge in [0.25, 0.3) is 6.01 Å². The summed E-state index contributed by atoms with van der Waals surface area (Å²) in [6, 6.07) is -1.40. The number of alkyl halides is 3. The van der Waals surface area contributed by atoms with E-state index in [2.05, 4.69) is 4.74 Å². The summed E-state index contributed by atoms with van der Waals surface area (Å²) in [5.41, 5.74) is 0. The minimum Gasteiger partial charge on any atom is -0.406 e. The van der Waals surface area contributed by atoms with E-state index in [-0.39, 0.29) is 0 Å². The molecule has 0 aromatic heterocycles. The Bertz CT molecular complexity index is 144. The third kappa shape index (κ3) is 4.64. The van der Waals surface area contributed by atoms with E-state index in [9.17, 15) is 17.6 Å². The molecule has 66 valence electrons. The fourth-order valence-electron chi connectivity index (χ4n) is 0.363. The Morgan fingerprint density at radius 2 is 2.09 bits per heavy atom. The molecule has 11 heavy (non-hydrogen) atoms. The lowest BCUT2D eigenvalue weighted by molar-refractivity contribution is -0.230. The number of ether oxygens (including phenoxy) is 1. The lowest BCUT2D eigenvalue weighted by Crippen LogP contribution is -2.20. The summed E-state index contributed by atoms with van der Waals surface area (Å²) >= 11 is 0. The van der Waals surface area contributed by atoms with Crippen molar-refractivity contribution in [2.24, 2.45) is 0 Å². The molecule has 0 radical (unpaired) electrons. The minimum atomic E-state index is -3.74. The summed E-state index contributed by atoms with van der Waals surface area (Å²) in [5, 5.41) is 0. The standard InChI is InChI=1S/C6H8F4O/c1-2-5(8)11-6(9,10)3-4-7/h2H,3-4H2,1H3. The average Bonchev–Trinajstić information content (AvgIpc) is 1.86. The molecule has 0 aliphatic carbocycles. The highest BCUT2D eigenvalue weighted by Crippen LogP contribution is 2.23. The van der Waals surface area contributed by atoms with Crippen molar-refractivity contribution < 1.29 is 22.3 Å². The zero-order valence-corrected chi connectivity index (χ0v) is 5.91. The molecule has 0 aromatic carbocycles. The lowest BCUT2D eigenvalue weighted by atomic mass is 10.4. The van der Waals surface area contributed by atoms with Gasteiger partial charge < -0.3 is 4.74 Å². The molecule has 0 saturated carbocycles. The van der Waals surface area contributed by atoms with Crippen molar-refractivity contribution in [1.82, 2.24) is 0 Å². The van der Waals surface area contributed by atoms with Crippen LogP contribution in [0, 0.1) is 0 Å². The van der Waals surface area contributed by atoms with E-state index in [0.29, 0.717) is 0 Å². The maximum atomic E-state index is 12.1. The Hall–Kier alpha value is -0.740. The smallest absolute Gasteiger partial charge is 0.401 e. The van der Waals surface area contributed by atoms with Crippen LogP contribution in [0.25, 0.3) is 0 Å². The van der Waals surface area contributed by atoms with Gasteiger partial charge in [0.2, 0.25) is 0 Å². The topological polar surface area (TPSA) is 9.23 Å². The molecule has 0 aliphatic heterocycles. The van der Waals surface area contributed by atoms with Crippen LogP contribution in [-0.2, 0) is 4.74 Å². The SMILES string of the molecule is CC=C(F)OC(F)(F)CCF. The first-order chi connectivity index (χ1) is 5.02. The number of allylic oxidation sites excluding steroid dienone is 1. The molecule has 5 heteroatoms. The molecule has 0 heterocycles. The van der Waals surface area contributed by atoms with Crippen LogP contribution < -0.4 is 0 Å². The average molecular weight is 172 g/mol. The summed E-state index contributed by atoms with van der Waals surface area (Å²) < 4.78 is 51.0. The van der Waals surface area contributed by atoms with Crippen LogP contribution in [-0.4, -0.2) is 12.8 Å². The summed E-state index contributed by atoms with van der Waals surface area (Å²) in [4.78, 5) is 0. The van der Waals surface area contributed by atoms with Crippen molar-refractivity contribution in [2.45, 2.75) is 19.5 Å². The van der Waals surface area contributed by atoms with E-state index >= 15 is 0 Å². The first-order valence-electron chi connectivity index (χ1n) is 2.96. The maximum Gasteiger partial charge on any atom is 0.401 e. The largest absolute Gasteiger partial charge is 0.406 e. The maximum absolute atomic E-state index is 12.1. The second kappa shape index (κ2) is 4.20. The number of hydrogen-bond donors (Lipinski definition) is 0. The molecular weight excluding hydrogens is 164 g/mol. The molecular formula is C6H8F4O. The van der Waals surface area contributed by atoms with Gasteiger partial charge in [0.15, 0.2) is 0 Å². The van der Waals surface area contributed by atoms with Crippen molar-refractivity contribution in [3.8, 4) is 0 Å². The summed E-state index contributed by atoms with van der Waals surface area (Å²) in [6.45, 7) is -0.0507. The van der Waals surface area contributed by atoms with Crippen molar-refractivity contribution in [2.75, 3.05) is 6.67 Å². The van der Waals surface area contributed by atoms with Gasteiger partial charge in [-0.3, -0.25) is 4.39 Å². The monoisotopic (exact) mass is 172 g/mol. The van der Waals surface area contributed by atoms with Crippen molar-refractivity contribution >= 4 is 0 Å². The van der Waals surface area contributed by atoms with Gasteiger partial charge in [-0.15, -0.1) is 0 Å². The van der Waals surface area contributed by atoms with Crippen LogP contribution in [0.3, 0.4) is 0 Å². The molecule has 0 atom stereocenters. The van der Waals surface area contributed by atoms with Crippen LogP contribution in [0.1, 0.15) is 13.3 Å². The number of hydrogen-bond acceptors (Lipinski definition) is 1. The highest BCUT2D eigenvalue weighted by atomic mass is 19.3. The van der Waals surface area contributed by atoms with Gasteiger partial charge in [-0.25, -0.2) is 0 Å².